The van der Waals surface area contributed by atoms with Crippen LogP contribution in [-0.2, 0) is 16.7 Å². The average Bonchev–Trinajstić information content (AvgIpc) is 3.05. The van der Waals surface area contributed by atoms with Gasteiger partial charge in [0.25, 0.3) is 0 Å². The molecule has 31 heavy (non-hydrogen) atoms. The quantitative estimate of drug-likeness (QED) is 0.526. The lowest BCUT2D eigenvalue weighted by Gasteiger charge is -2.32. The monoisotopic (exact) mass is 477 g/mol. The number of rotatable bonds is 5. The van der Waals surface area contributed by atoms with Gasteiger partial charge in [0.1, 0.15) is 0 Å². The van der Waals surface area contributed by atoms with E-state index in [4.69, 9.17) is 28.9 Å². The molecule has 1 saturated heterocycles. The first-order chi connectivity index (χ1) is 14.7. The van der Waals surface area contributed by atoms with E-state index in [1.807, 2.05) is 60.0 Å². The number of benzene rings is 2. The highest BCUT2D eigenvalue weighted by Gasteiger charge is 2.24. The van der Waals surface area contributed by atoms with Crippen molar-refractivity contribution in [2.24, 2.45) is 0 Å². The van der Waals surface area contributed by atoms with Crippen LogP contribution in [0.25, 0.3) is 17.1 Å². The van der Waals surface area contributed by atoms with E-state index in [1.54, 1.807) is 4.68 Å². The molecule has 3 aromatic rings. The summed E-state index contributed by atoms with van der Waals surface area (Å²) in [5.74, 6) is 0.752. The highest BCUT2D eigenvalue weighted by Crippen LogP contribution is 2.24. The van der Waals surface area contributed by atoms with Crippen molar-refractivity contribution in [2.45, 2.75) is 13.6 Å². The Labute approximate surface area is 192 Å². The maximum atomic E-state index is 11.8. The van der Waals surface area contributed by atoms with E-state index in [9.17, 15) is 8.42 Å². The summed E-state index contributed by atoms with van der Waals surface area (Å²) in [5, 5.41) is 5.50. The zero-order valence-electron chi connectivity index (χ0n) is 17.4. The van der Waals surface area contributed by atoms with Crippen LogP contribution >= 0.6 is 23.8 Å². The SMILES string of the molecule is Cc1ccc(-c2nn(CN3CCN(S(C)(=O)=O)CC3)c(=S)n2-c2ccc(Cl)cc2)cc1. The molecule has 0 amide bonds. The van der Waals surface area contributed by atoms with Crippen molar-refractivity contribution < 1.29 is 8.42 Å². The molecule has 1 aliphatic heterocycles. The Hall–Kier alpha value is -2.04. The highest BCUT2D eigenvalue weighted by atomic mass is 35.5. The number of aromatic nitrogens is 3. The van der Waals surface area contributed by atoms with E-state index in [2.05, 4.69) is 4.90 Å². The lowest BCUT2D eigenvalue weighted by atomic mass is 10.1. The van der Waals surface area contributed by atoms with Crippen LogP contribution in [0.2, 0.25) is 5.02 Å². The molecule has 0 saturated carbocycles. The van der Waals surface area contributed by atoms with E-state index < -0.39 is 10.0 Å². The summed E-state index contributed by atoms with van der Waals surface area (Å²) >= 11 is 11.9. The van der Waals surface area contributed by atoms with Gasteiger partial charge >= 0.3 is 0 Å². The normalized spacial score (nSPS) is 16.0. The molecule has 0 bridgehead atoms. The number of hydrogen-bond acceptors (Lipinski definition) is 5. The van der Waals surface area contributed by atoms with Crippen LogP contribution in [0.4, 0.5) is 0 Å². The van der Waals surface area contributed by atoms with Crippen molar-refractivity contribution >= 4 is 33.8 Å². The van der Waals surface area contributed by atoms with E-state index in [0.29, 0.717) is 42.6 Å². The van der Waals surface area contributed by atoms with Gasteiger partial charge in [-0.1, -0.05) is 41.4 Å². The Kier molecular flexibility index (Phi) is 6.32. The molecule has 4 rings (SSSR count). The molecule has 164 valence electrons. The van der Waals surface area contributed by atoms with Gasteiger partial charge in [-0.2, -0.15) is 4.31 Å². The summed E-state index contributed by atoms with van der Waals surface area (Å²) in [7, 11) is -3.16. The number of nitrogens with zero attached hydrogens (tertiary/aromatic N) is 5. The van der Waals surface area contributed by atoms with Gasteiger partial charge in [0.2, 0.25) is 14.8 Å². The summed E-state index contributed by atoms with van der Waals surface area (Å²) in [4.78, 5) is 2.16. The third-order valence-electron chi connectivity index (χ3n) is 5.37. The Bertz CT molecular complexity index is 1230. The maximum Gasteiger partial charge on any atom is 0.211 e. The molecular weight excluding hydrogens is 454 g/mol. The maximum absolute atomic E-state index is 11.8. The molecular formula is C21H24ClN5O2S2. The van der Waals surface area contributed by atoms with Crippen molar-refractivity contribution in [3.63, 3.8) is 0 Å². The number of piperazine rings is 1. The van der Waals surface area contributed by atoms with Gasteiger partial charge in [0.15, 0.2) is 5.82 Å². The van der Waals surface area contributed by atoms with Crippen LogP contribution in [0.15, 0.2) is 48.5 Å². The summed E-state index contributed by atoms with van der Waals surface area (Å²) in [5.41, 5.74) is 3.02. The molecule has 1 fully saturated rings. The van der Waals surface area contributed by atoms with Gasteiger partial charge < -0.3 is 0 Å². The van der Waals surface area contributed by atoms with Crippen molar-refractivity contribution in [2.75, 3.05) is 32.4 Å². The molecule has 1 aromatic heterocycles. The van der Waals surface area contributed by atoms with Crippen LogP contribution in [0.5, 0.6) is 0 Å². The fourth-order valence-electron chi connectivity index (χ4n) is 3.60. The number of sulfonamides is 1. The molecule has 2 heterocycles. The van der Waals surface area contributed by atoms with Crippen LogP contribution in [-0.4, -0.2) is 64.4 Å². The molecule has 1 aliphatic rings. The van der Waals surface area contributed by atoms with Crippen LogP contribution in [0, 0.1) is 11.7 Å². The van der Waals surface area contributed by atoms with E-state index >= 15 is 0 Å². The predicted octanol–water partition coefficient (Wildman–Crippen LogP) is 3.57. The van der Waals surface area contributed by atoms with Gasteiger partial charge in [-0.15, -0.1) is 5.10 Å². The standard InChI is InChI=1S/C21H24ClN5O2S2/c1-16-3-5-17(6-4-16)20-23-26(15-24-11-13-25(14-12-24)31(2,28)29)21(30)27(20)19-9-7-18(22)8-10-19/h3-10H,11-15H2,1-2H3. The minimum absolute atomic E-state index is 0.467. The van der Waals surface area contributed by atoms with Gasteiger partial charge in [-0.05, 0) is 43.4 Å². The highest BCUT2D eigenvalue weighted by molar-refractivity contribution is 7.88. The zero-order valence-corrected chi connectivity index (χ0v) is 19.8. The summed E-state index contributed by atoms with van der Waals surface area (Å²) in [6.07, 6.45) is 1.25. The molecule has 0 radical (unpaired) electrons. The van der Waals surface area contributed by atoms with E-state index in [-0.39, 0.29) is 0 Å². The fourth-order valence-corrected chi connectivity index (χ4v) is 4.85. The Balaban J connectivity index is 1.68. The second kappa shape index (κ2) is 8.84. The molecule has 7 nitrogen and oxygen atoms in total. The Morgan fingerprint density at radius 3 is 2.19 bits per heavy atom. The molecule has 0 atom stereocenters. The van der Waals surface area contributed by atoms with Gasteiger partial charge in [0, 0.05) is 36.8 Å². The van der Waals surface area contributed by atoms with E-state index in [0.717, 1.165) is 17.1 Å². The largest absolute Gasteiger partial charge is 0.282 e. The molecule has 2 aromatic carbocycles. The first kappa shape index (κ1) is 22.2. The molecule has 0 spiro atoms. The van der Waals surface area contributed by atoms with Crippen molar-refractivity contribution in [1.29, 1.82) is 0 Å². The summed E-state index contributed by atoms with van der Waals surface area (Å²) in [6.45, 7) is 4.73. The smallest absolute Gasteiger partial charge is 0.211 e. The van der Waals surface area contributed by atoms with Crippen molar-refractivity contribution in [3.8, 4) is 17.1 Å². The van der Waals surface area contributed by atoms with Crippen LogP contribution < -0.4 is 0 Å². The molecule has 0 aliphatic carbocycles. The lowest BCUT2D eigenvalue weighted by molar-refractivity contribution is 0.145. The first-order valence-corrected chi connectivity index (χ1v) is 12.6. The lowest BCUT2D eigenvalue weighted by Crippen LogP contribution is -2.48. The van der Waals surface area contributed by atoms with Crippen molar-refractivity contribution in [3.05, 3.63) is 63.9 Å². The topological polar surface area (TPSA) is 63.4 Å². The number of halogens is 1. The zero-order chi connectivity index (χ0) is 22.2. The third kappa shape index (κ3) is 4.91. The Morgan fingerprint density at radius 2 is 1.61 bits per heavy atom. The average molecular weight is 478 g/mol. The van der Waals surface area contributed by atoms with Gasteiger partial charge in [-0.25, -0.2) is 13.1 Å². The predicted molar refractivity (Wildman–Crippen MR) is 126 cm³/mol. The number of aryl methyl sites for hydroxylation is 1. The molecule has 10 heteroatoms. The van der Waals surface area contributed by atoms with E-state index in [1.165, 1.54) is 16.1 Å². The second-order valence-electron chi connectivity index (χ2n) is 7.71. The van der Waals surface area contributed by atoms with Crippen molar-refractivity contribution in [1.82, 2.24) is 23.6 Å². The molecule has 0 N–H and O–H groups in total. The second-order valence-corrected chi connectivity index (χ2v) is 10.5. The minimum atomic E-state index is -3.16. The third-order valence-corrected chi connectivity index (χ3v) is 7.32. The summed E-state index contributed by atoms with van der Waals surface area (Å²) in [6, 6.07) is 15.7. The van der Waals surface area contributed by atoms with Crippen LogP contribution in [0.1, 0.15) is 5.56 Å². The van der Waals surface area contributed by atoms with Gasteiger partial charge in [0.05, 0.1) is 18.6 Å². The minimum Gasteiger partial charge on any atom is -0.282 e. The van der Waals surface area contributed by atoms with Gasteiger partial charge in [-0.3, -0.25) is 9.47 Å². The fraction of sp³-hybridized carbons (Fsp3) is 0.333. The molecule has 0 unspecified atom stereocenters. The number of hydrogen-bond donors (Lipinski definition) is 0. The first-order valence-electron chi connectivity index (χ1n) is 9.93. The summed E-state index contributed by atoms with van der Waals surface area (Å²) < 4.78 is 29.4. The van der Waals surface area contributed by atoms with Crippen LogP contribution in [0.3, 0.4) is 0 Å². The Morgan fingerprint density at radius 1 is 1.00 bits per heavy atom.